The first kappa shape index (κ1) is 22.9. The molecule has 0 saturated carbocycles. The summed E-state index contributed by atoms with van der Waals surface area (Å²) >= 11 is 3.31. The normalized spacial score (nSPS) is 11.1. The SMILES string of the molecule is COc1cc(/C=C(/C#N)C(=O)NCCc2c[nH]c3ccccc23)cc(Br)c1OCC(=O)O. The number of carbonyl (C=O) groups excluding carboxylic acids is 1. The van der Waals surface area contributed by atoms with Crippen LogP contribution in [0.25, 0.3) is 17.0 Å². The van der Waals surface area contributed by atoms with E-state index in [1.165, 1.54) is 13.2 Å². The lowest BCUT2D eigenvalue weighted by Gasteiger charge is -2.12. The molecule has 0 radical (unpaired) electrons. The van der Waals surface area contributed by atoms with Crippen LogP contribution in [-0.2, 0) is 16.0 Å². The molecular weight excluding hydrogens is 478 g/mol. The van der Waals surface area contributed by atoms with E-state index in [-0.39, 0.29) is 17.1 Å². The van der Waals surface area contributed by atoms with Crippen molar-refractivity contribution in [3.8, 4) is 17.6 Å². The third-order valence-electron chi connectivity index (χ3n) is 4.62. The number of fused-ring (bicyclic) bond motifs is 1. The summed E-state index contributed by atoms with van der Waals surface area (Å²) in [4.78, 5) is 26.5. The van der Waals surface area contributed by atoms with Crippen molar-refractivity contribution in [1.82, 2.24) is 10.3 Å². The van der Waals surface area contributed by atoms with Crippen molar-refractivity contribution < 1.29 is 24.2 Å². The van der Waals surface area contributed by atoms with Crippen molar-refractivity contribution >= 4 is 44.8 Å². The second-order valence-electron chi connectivity index (χ2n) is 6.75. The van der Waals surface area contributed by atoms with Gasteiger partial charge in [-0.3, -0.25) is 4.79 Å². The highest BCUT2D eigenvalue weighted by Gasteiger charge is 2.15. The average molecular weight is 498 g/mol. The standard InChI is InChI=1S/C23H20BrN3O5/c1-31-20-10-14(9-18(24)22(20)32-13-21(28)29)8-16(11-25)23(30)26-7-6-15-12-27-19-5-3-2-4-17(15)19/h2-5,8-10,12,27H,6-7,13H2,1H3,(H,26,30)(H,28,29)/b16-8-. The van der Waals surface area contributed by atoms with Gasteiger partial charge >= 0.3 is 5.97 Å². The molecule has 3 rings (SSSR count). The van der Waals surface area contributed by atoms with Gasteiger partial charge in [-0.05, 0) is 57.8 Å². The number of nitriles is 1. The van der Waals surface area contributed by atoms with Crippen LogP contribution in [0.4, 0.5) is 0 Å². The van der Waals surface area contributed by atoms with Crippen molar-refractivity contribution in [2.75, 3.05) is 20.3 Å². The fraction of sp³-hybridized carbons (Fsp3) is 0.174. The number of aromatic nitrogens is 1. The minimum atomic E-state index is -1.13. The van der Waals surface area contributed by atoms with Gasteiger partial charge in [0.2, 0.25) is 0 Å². The zero-order valence-corrected chi connectivity index (χ0v) is 18.7. The molecule has 32 heavy (non-hydrogen) atoms. The Kier molecular flexibility index (Phi) is 7.52. The Morgan fingerprint density at radius 2 is 2.09 bits per heavy atom. The van der Waals surface area contributed by atoms with Crippen LogP contribution in [0.3, 0.4) is 0 Å². The minimum absolute atomic E-state index is 0.0721. The van der Waals surface area contributed by atoms with Gasteiger partial charge in [0.1, 0.15) is 11.6 Å². The molecule has 1 amide bonds. The maximum atomic E-state index is 12.5. The van der Waals surface area contributed by atoms with Gasteiger partial charge in [0.05, 0.1) is 11.6 Å². The molecule has 1 aromatic heterocycles. The number of nitrogens with one attached hydrogen (secondary N) is 2. The predicted octanol–water partition coefficient (Wildman–Crippen LogP) is 3.67. The number of hydrogen-bond acceptors (Lipinski definition) is 5. The molecule has 0 unspecified atom stereocenters. The first-order chi connectivity index (χ1) is 15.4. The molecule has 0 fully saturated rings. The Hall–Kier alpha value is -3.77. The molecule has 1 heterocycles. The summed E-state index contributed by atoms with van der Waals surface area (Å²) in [5.41, 5.74) is 2.55. The van der Waals surface area contributed by atoms with Crippen LogP contribution >= 0.6 is 15.9 Å². The summed E-state index contributed by atoms with van der Waals surface area (Å²) in [6.07, 6.45) is 3.95. The molecule has 164 valence electrons. The first-order valence-electron chi connectivity index (χ1n) is 9.60. The van der Waals surface area contributed by atoms with Crippen molar-refractivity contribution in [1.29, 1.82) is 5.26 Å². The molecule has 9 heteroatoms. The van der Waals surface area contributed by atoms with Crippen molar-refractivity contribution in [2.45, 2.75) is 6.42 Å². The molecule has 0 saturated heterocycles. The zero-order chi connectivity index (χ0) is 23.1. The van der Waals surface area contributed by atoms with E-state index in [0.29, 0.717) is 23.0 Å². The van der Waals surface area contributed by atoms with Crippen LogP contribution in [-0.4, -0.2) is 42.2 Å². The number of aromatic amines is 1. The number of carboxylic acids is 1. The van der Waals surface area contributed by atoms with Crippen LogP contribution in [0, 0.1) is 11.3 Å². The number of ether oxygens (including phenoxy) is 2. The smallest absolute Gasteiger partial charge is 0.341 e. The molecule has 2 aromatic carbocycles. The van der Waals surface area contributed by atoms with Gasteiger partial charge in [-0.2, -0.15) is 5.26 Å². The molecular formula is C23H20BrN3O5. The van der Waals surface area contributed by atoms with Crippen LogP contribution in [0.5, 0.6) is 11.5 Å². The van der Waals surface area contributed by atoms with Gasteiger partial charge in [0.25, 0.3) is 5.91 Å². The number of rotatable bonds is 9. The number of methoxy groups -OCH3 is 1. The second kappa shape index (κ2) is 10.5. The lowest BCUT2D eigenvalue weighted by Crippen LogP contribution is -2.26. The number of nitrogens with zero attached hydrogens (tertiary/aromatic N) is 1. The van der Waals surface area contributed by atoms with Crippen molar-refractivity contribution in [3.05, 3.63) is 63.8 Å². The van der Waals surface area contributed by atoms with E-state index < -0.39 is 18.5 Å². The fourth-order valence-corrected chi connectivity index (χ4v) is 3.73. The maximum Gasteiger partial charge on any atom is 0.341 e. The molecule has 0 aliphatic rings. The van der Waals surface area contributed by atoms with Gasteiger partial charge in [0.15, 0.2) is 18.1 Å². The van der Waals surface area contributed by atoms with Crippen LogP contribution in [0.1, 0.15) is 11.1 Å². The van der Waals surface area contributed by atoms with E-state index >= 15 is 0 Å². The van der Waals surface area contributed by atoms with Crippen LogP contribution in [0.15, 0.2) is 52.6 Å². The molecule has 0 aliphatic heterocycles. The number of carbonyl (C=O) groups is 2. The van der Waals surface area contributed by atoms with Gasteiger partial charge in [-0.1, -0.05) is 18.2 Å². The lowest BCUT2D eigenvalue weighted by molar-refractivity contribution is -0.139. The van der Waals surface area contributed by atoms with E-state index in [0.717, 1.165) is 16.5 Å². The molecule has 3 aromatic rings. The van der Waals surface area contributed by atoms with Crippen LogP contribution < -0.4 is 14.8 Å². The number of H-pyrrole nitrogens is 1. The molecule has 0 spiro atoms. The van der Waals surface area contributed by atoms with E-state index in [4.69, 9.17) is 14.6 Å². The Balaban J connectivity index is 1.70. The lowest BCUT2D eigenvalue weighted by atomic mass is 10.1. The first-order valence-corrected chi connectivity index (χ1v) is 10.4. The number of carboxylic acid groups (broad SMARTS) is 1. The monoisotopic (exact) mass is 497 g/mol. The van der Waals surface area contributed by atoms with Crippen molar-refractivity contribution in [2.24, 2.45) is 0 Å². The van der Waals surface area contributed by atoms with Gasteiger partial charge in [-0.25, -0.2) is 4.79 Å². The second-order valence-corrected chi connectivity index (χ2v) is 7.61. The fourth-order valence-electron chi connectivity index (χ4n) is 3.16. The summed E-state index contributed by atoms with van der Waals surface area (Å²) in [6.45, 7) is -0.166. The van der Waals surface area contributed by atoms with Crippen molar-refractivity contribution in [3.63, 3.8) is 0 Å². The highest BCUT2D eigenvalue weighted by molar-refractivity contribution is 9.10. The Labute approximate surface area is 192 Å². The summed E-state index contributed by atoms with van der Waals surface area (Å²) < 4.78 is 10.9. The zero-order valence-electron chi connectivity index (χ0n) is 17.1. The molecule has 0 aliphatic carbocycles. The summed E-state index contributed by atoms with van der Waals surface area (Å²) in [5.74, 6) is -1.13. The Bertz CT molecular complexity index is 1230. The highest BCUT2D eigenvalue weighted by Crippen LogP contribution is 2.37. The minimum Gasteiger partial charge on any atom is -0.493 e. The Morgan fingerprint density at radius 3 is 2.81 bits per heavy atom. The van der Waals surface area contributed by atoms with Gasteiger partial charge < -0.3 is 24.9 Å². The molecule has 0 bridgehead atoms. The summed E-state index contributed by atoms with van der Waals surface area (Å²) in [6, 6.07) is 13.0. The number of para-hydroxylation sites is 1. The molecule has 3 N–H and O–H groups in total. The number of benzene rings is 2. The highest BCUT2D eigenvalue weighted by atomic mass is 79.9. The maximum absolute atomic E-state index is 12.5. The number of aliphatic carboxylic acids is 1. The van der Waals surface area contributed by atoms with E-state index in [9.17, 15) is 14.9 Å². The third kappa shape index (κ3) is 5.47. The average Bonchev–Trinajstić information content (AvgIpc) is 3.19. The number of halogens is 1. The van der Waals surface area contributed by atoms with Gasteiger partial charge in [-0.15, -0.1) is 0 Å². The van der Waals surface area contributed by atoms with Gasteiger partial charge in [0, 0.05) is 23.6 Å². The number of hydrogen-bond donors (Lipinski definition) is 3. The quantitative estimate of drug-likeness (QED) is 0.306. The molecule has 8 nitrogen and oxygen atoms in total. The number of amides is 1. The van der Waals surface area contributed by atoms with E-state index in [1.807, 2.05) is 36.5 Å². The third-order valence-corrected chi connectivity index (χ3v) is 5.21. The topological polar surface area (TPSA) is 124 Å². The van der Waals surface area contributed by atoms with E-state index in [1.54, 1.807) is 12.1 Å². The molecule has 0 atom stereocenters. The van der Waals surface area contributed by atoms with E-state index in [2.05, 4.69) is 26.2 Å². The largest absolute Gasteiger partial charge is 0.493 e. The summed E-state index contributed by atoms with van der Waals surface area (Å²) in [5, 5.41) is 22.1. The predicted molar refractivity (Wildman–Crippen MR) is 122 cm³/mol. The summed E-state index contributed by atoms with van der Waals surface area (Å²) in [7, 11) is 1.41. The van der Waals surface area contributed by atoms with Crippen LogP contribution in [0.2, 0.25) is 0 Å². The Morgan fingerprint density at radius 1 is 1.31 bits per heavy atom.